The summed E-state index contributed by atoms with van der Waals surface area (Å²) in [5.41, 5.74) is 4.37. The highest BCUT2D eigenvalue weighted by Crippen LogP contribution is 2.19. The Morgan fingerprint density at radius 1 is 1.23 bits per heavy atom. The van der Waals surface area contributed by atoms with E-state index in [1.54, 1.807) is 0 Å². The molecule has 1 saturated heterocycles. The first-order chi connectivity index (χ1) is 12.6. The van der Waals surface area contributed by atoms with E-state index >= 15 is 0 Å². The number of hydrogen-bond donors (Lipinski definition) is 0. The van der Waals surface area contributed by atoms with E-state index in [9.17, 15) is 4.79 Å². The highest BCUT2D eigenvalue weighted by Gasteiger charge is 2.27. The van der Waals surface area contributed by atoms with Crippen molar-refractivity contribution < 1.29 is 4.79 Å². The predicted octanol–water partition coefficient (Wildman–Crippen LogP) is 5.50. The maximum Gasteiger partial charge on any atom is 0.268 e. The number of likely N-dealkylation sites (tertiary alicyclic amines) is 1. The Bertz CT molecular complexity index is 641. The van der Waals surface area contributed by atoms with Crippen molar-refractivity contribution in [2.24, 2.45) is 10.9 Å². The number of carbonyl (C=O) groups excluding carboxylic acids is 1. The minimum absolute atomic E-state index is 0.130. The SMILES string of the molecule is CCCCN1CCCC(C)C(=N/C=C(\C)c2ccc(CCC)cc2)C1=O. The van der Waals surface area contributed by atoms with Gasteiger partial charge in [0.25, 0.3) is 5.91 Å². The third-order valence-electron chi connectivity index (χ3n) is 5.17. The fourth-order valence-corrected chi connectivity index (χ4v) is 3.41. The predicted molar refractivity (Wildman–Crippen MR) is 111 cm³/mol. The van der Waals surface area contributed by atoms with Crippen molar-refractivity contribution in [3.8, 4) is 0 Å². The molecule has 26 heavy (non-hydrogen) atoms. The van der Waals surface area contributed by atoms with E-state index in [-0.39, 0.29) is 11.8 Å². The van der Waals surface area contributed by atoms with Gasteiger partial charge >= 0.3 is 0 Å². The smallest absolute Gasteiger partial charge is 0.268 e. The van der Waals surface area contributed by atoms with Crippen LogP contribution in [0.4, 0.5) is 0 Å². The van der Waals surface area contributed by atoms with Crippen molar-refractivity contribution in [3.63, 3.8) is 0 Å². The van der Waals surface area contributed by atoms with Crippen LogP contribution in [0.25, 0.3) is 5.57 Å². The highest BCUT2D eigenvalue weighted by molar-refractivity contribution is 6.39. The number of hydrogen-bond acceptors (Lipinski definition) is 2. The average Bonchev–Trinajstić information content (AvgIpc) is 2.77. The Hall–Kier alpha value is -1.90. The Morgan fingerprint density at radius 2 is 1.96 bits per heavy atom. The van der Waals surface area contributed by atoms with E-state index in [1.165, 1.54) is 11.1 Å². The summed E-state index contributed by atoms with van der Waals surface area (Å²) < 4.78 is 0. The van der Waals surface area contributed by atoms with E-state index in [4.69, 9.17) is 0 Å². The number of nitrogens with zero attached hydrogens (tertiary/aromatic N) is 2. The lowest BCUT2D eigenvalue weighted by Gasteiger charge is -2.20. The Kier molecular flexibility index (Phi) is 8.08. The minimum atomic E-state index is 0.130. The number of carbonyl (C=O) groups is 1. The van der Waals surface area contributed by atoms with E-state index in [0.717, 1.165) is 62.9 Å². The monoisotopic (exact) mass is 354 g/mol. The van der Waals surface area contributed by atoms with Gasteiger partial charge in [0.05, 0.1) is 0 Å². The first-order valence-corrected chi connectivity index (χ1v) is 10.2. The number of aliphatic imine (C=N–C) groups is 1. The second kappa shape index (κ2) is 10.3. The van der Waals surface area contributed by atoms with Crippen molar-refractivity contribution in [1.29, 1.82) is 0 Å². The van der Waals surface area contributed by atoms with Crippen molar-refractivity contribution in [2.75, 3.05) is 13.1 Å². The molecule has 3 nitrogen and oxygen atoms in total. The third kappa shape index (κ3) is 5.55. The largest absolute Gasteiger partial charge is 0.338 e. The second-order valence-corrected chi connectivity index (χ2v) is 7.46. The Morgan fingerprint density at radius 3 is 2.62 bits per heavy atom. The molecule has 1 heterocycles. The summed E-state index contributed by atoms with van der Waals surface area (Å²) in [6.07, 6.45) is 8.43. The molecule has 1 atom stereocenters. The Labute approximate surface area is 159 Å². The normalized spacial score (nSPS) is 20.5. The molecule has 1 amide bonds. The minimum Gasteiger partial charge on any atom is -0.338 e. The molecule has 1 aliphatic rings. The Balaban J connectivity index is 2.18. The quantitative estimate of drug-likeness (QED) is 0.636. The van der Waals surface area contributed by atoms with Gasteiger partial charge < -0.3 is 4.90 Å². The number of benzene rings is 1. The first-order valence-electron chi connectivity index (χ1n) is 10.2. The van der Waals surface area contributed by atoms with Crippen LogP contribution in [0.1, 0.15) is 70.9 Å². The average molecular weight is 355 g/mol. The summed E-state index contributed by atoms with van der Waals surface area (Å²) in [7, 11) is 0. The van der Waals surface area contributed by atoms with E-state index in [2.05, 4.69) is 57.0 Å². The van der Waals surface area contributed by atoms with Crippen LogP contribution >= 0.6 is 0 Å². The maximum atomic E-state index is 12.9. The van der Waals surface area contributed by atoms with Crippen molar-refractivity contribution in [1.82, 2.24) is 4.90 Å². The number of allylic oxidation sites excluding steroid dienone is 1. The molecule has 0 spiro atoms. The van der Waals surface area contributed by atoms with Gasteiger partial charge in [-0.1, -0.05) is 57.9 Å². The van der Waals surface area contributed by atoms with Crippen molar-refractivity contribution in [3.05, 3.63) is 41.6 Å². The molecule has 142 valence electrons. The molecule has 1 aromatic rings. The van der Waals surface area contributed by atoms with Crippen LogP contribution in [0.5, 0.6) is 0 Å². The summed E-state index contributed by atoms with van der Waals surface area (Å²) in [5.74, 6) is 0.357. The molecule has 1 fully saturated rings. The summed E-state index contributed by atoms with van der Waals surface area (Å²) in [6, 6.07) is 8.69. The number of amides is 1. The van der Waals surface area contributed by atoms with E-state index < -0.39 is 0 Å². The molecule has 3 heteroatoms. The number of rotatable bonds is 7. The van der Waals surface area contributed by atoms with Gasteiger partial charge in [-0.25, -0.2) is 0 Å². The van der Waals surface area contributed by atoms with Crippen LogP contribution in [-0.2, 0) is 11.2 Å². The van der Waals surface area contributed by atoms with Crippen LogP contribution in [0, 0.1) is 5.92 Å². The lowest BCUT2D eigenvalue weighted by Crippen LogP contribution is -2.37. The van der Waals surface area contributed by atoms with E-state index in [0.29, 0.717) is 0 Å². The van der Waals surface area contributed by atoms with Crippen LogP contribution in [0.2, 0.25) is 0 Å². The molecular weight excluding hydrogens is 320 g/mol. The second-order valence-electron chi connectivity index (χ2n) is 7.46. The van der Waals surface area contributed by atoms with Crippen LogP contribution < -0.4 is 0 Å². The molecule has 1 aliphatic heterocycles. The molecule has 0 aromatic heterocycles. The van der Waals surface area contributed by atoms with Crippen LogP contribution in [0.3, 0.4) is 0 Å². The molecule has 0 radical (unpaired) electrons. The fraction of sp³-hybridized carbons (Fsp3) is 0.565. The van der Waals surface area contributed by atoms with Gasteiger partial charge in [-0.3, -0.25) is 9.79 Å². The molecule has 0 saturated carbocycles. The standard InChI is InChI=1S/C23H34N2O/c1-5-7-15-25-16-8-10-18(3)22(23(25)26)24-17-19(4)21-13-11-20(9-6-2)12-14-21/h11-14,17-18H,5-10,15-16H2,1-4H3/b19-17+,24-22?. The summed E-state index contributed by atoms with van der Waals surface area (Å²) in [5, 5.41) is 0. The van der Waals surface area contributed by atoms with Gasteiger partial charge in [0.1, 0.15) is 5.71 Å². The summed E-state index contributed by atoms with van der Waals surface area (Å²) in [4.78, 5) is 19.5. The van der Waals surface area contributed by atoms with Gasteiger partial charge in [0.2, 0.25) is 0 Å². The molecule has 0 N–H and O–H groups in total. The molecule has 2 rings (SSSR count). The zero-order valence-corrected chi connectivity index (χ0v) is 16.9. The number of aryl methyl sites for hydroxylation is 1. The lowest BCUT2D eigenvalue weighted by molar-refractivity contribution is -0.124. The van der Waals surface area contributed by atoms with Gasteiger partial charge in [-0.2, -0.15) is 0 Å². The fourth-order valence-electron chi connectivity index (χ4n) is 3.41. The number of unbranched alkanes of at least 4 members (excludes halogenated alkanes) is 1. The molecule has 1 aromatic carbocycles. The molecular formula is C23H34N2O. The lowest BCUT2D eigenvalue weighted by atomic mass is 10.0. The first kappa shape index (κ1) is 20.4. The molecule has 1 unspecified atom stereocenters. The van der Waals surface area contributed by atoms with Gasteiger partial charge in [-0.05, 0) is 49.3 Å². The zero-order valence-electron chi connectivity index (χ0n) is 16.9. The topological polar surface area (TPSA) is 32.7 Å². The van der Waals surface area contributed by atoms with Gasteiger partial charge in [0.15, 0.2) is 0 Å². The zero-order chi connectivity index (χ0) is 18.9. The maximum absolute atomic E-state index is 12.9. The molecule has 0 aliphatic carbocycles. The third-order valence-corrected chi connectivity index (χ3v) is 5.17. The van der Waals surface area contributed by atoms with Crippen LogP contribution in [-0.4, -0.2) is 29.6 Å². The van der Waals surface area contributed by atoms with E-state index in [1.807, 2.05) is 11.1 Å². The van der Waals surface area contributed by atoms with Crippen molar-refractivity contribution >= 4 is 17.2 Å². The molecule has 0 bridgehead atoms. The van der Waals surface area contributed by atoms with Crippen LogP contribution in [0.15, 0.2) is 35.5 Å². The summed E-state index contributed by atoms with van der Waals surface area (Å²) in [6.45, 7) is 10.3. The van der Waals surface area contributed by atoms with Gasteiger partial charge in [0, 0.05) is 25.2 Å². The van der Waals surface area contributed by atoms with Crippen molar-refractivity contribution in [2.45, 2.75) is 66.2 Å². The van der Waals surface area contributed by atoms with Gasteiger partial charge in [-0.15, -0.1) is 0 Å². The highest BCUT2D eigenvalue weighted by atomic mass is 16.2. The summed E-state index contributed by atoms with van der Waals surface area (Å²) >= 11 is 0.